The van der Waals surface area contributed by atoms with Crippen molar-refractivity contribution in [3.05, 3.63) is 35.4 Å². The number of nitriles is 1. The van der Waals surface area contributed by atoms with E-state index in [0.29, 0.717) is 11.1 Å². The molecule has 1 atom stereocenters. The quantitative estimate of drug-likeness (QED) is 0.746. The van der Waals surface area contributed by atoms with Gasteiger partial charge in [0.2, 0.25) is 0 Å². The van der Waals surface area contributed by atoms with Crippen molar-refractivity contribution in [2.24, 2.45) is 0 Å². The predicted molar refractivity (Wildman–Crippen MR) is 62.8 cm³/mol. The lowest BCUT2D eigenvalue weighted by Crippen LogP contribution is -2.33. The van der Waals surface area contributed by atoms with Crippen molar-refractivity contribution in [3.8, 4) is 6.07 Å². The molecule has 1 aliphatic heterocycles. The van der Waals surface area contributed by atoms with Crippen LogP contribution in [-0.2, 0) is 4.74 Å². The number of carbonyl (C=O) groups is 2. The van der Waals surface area contributed by atoms with E-state index in [4.69, 9.17) is 10.00 Å². The average Bonchev–Trinajstić information content (AvgIpc) is 2.64. The number of amides is 2. The fraction of sp³-hybridized carbons (Fsp3) is 0.308. The van der Waals surface area contributed by atoms with Crippen molar-refractivity contribution in [3.63, 3.8) is 0 Å². The molecular weight excluding hydrogens is 232 g/mol. The zero-order valence-electron chi connectivity index (χ0n) is 9.92. The van der Waals surface area contributed by atoms with Crippen molar-refractivity contribution in [1.82, 2.24) is 4.90 Å². The Morgan fingerprint density at radius 1 is 1.28 bits per heavy atom. The van der Waals surface area contributed by atoms with Gasteiger partial charge in [-0.05, 0) is 19.1 Å². The summed E-state index contributed by atoms with van der Waals surface area (Å²) >= 11 is 0. The summed E-state index contributed by atoms with van der Waals surface area (Å²) in [5.74, 6) is -0.604. The summed E-state index contributed by atoms with van der Waals surface area (Å²) in [6, 6.07) is 8.63. The molecule has 0 aliphatic carbocycles. The largest absolute Gasteiger partial charge is 0.362 e. The maximum Gasteiger partial charge on any atom is 0.261 e. The Morgan fingerprint density at radius 2 is 1.83 bits per heavy atom. The summed E-state index contributed by atoms with van der Waals surface area (Å²) in [5, 5.41) is 8.55. The van der Waals surface area contributed by atoms with Gasteiger partial charge in [0.1, 0.15) is 6.10 Å². The predicted octanol–water partition coefficient (Wildman–Crippen LogP) is 1.21. The highest BCUT2D eigenvalue weighted by molar-refractivity contribution is 6.21. The molecule has 1 unspecified atom stereocenters. The average molecular weight is 244 g/mol. The molecule has 5 nitrogen and oxygen atoms in total. The van der Waals surface area contributed by atoms with Crippen LogP contribution in [0, 0.1) is 11.3 Å². The monoisotopic (exact) mass is 244 g/mol. The first-order valence-electron chi connectivity index (χ1n) is 5.61. The van der Waals surface area contributed by atoms with E-state index in [1.54, 1.807) is 31.2 Å². The molecule has 18 heavy (non-hydrogen) atoms. The van der Waals surface area contributed by atoms with Crippen LogP contribution in [0.2, 0.25) is 0 Å². The molecule has 1 aromatic rings. The van der Waals surface area contributed by atoms with E-state index in [-0.39, 0.29) is 25.0 Å². The van der Waals surface area contributed by atoms with E-state index < -0.39 is 6.10 Å². The van der Waals surface area contributed by atoms with Crippen LogP contribution < -0.4 is 0 Å². The zero-order chi connectivity index (χ0) is 13.1. The number of hydrogen-bond donors (Lipinski definition) is 0. The van der Waals surface area contributed by atoms with Crippen LogP contribution in [0.25, 0.3) is 0 Å². The molecule has 2 rings (SSSR count). The second-order valence-corrected chi connectivity index (χ2v) is 3.95. The van der Waals surface area contributed by atoms with Crippen LogP contribution in [0.1, 0.15) is 27.6 Å². The van der Waals surface area contributed by atoms with Gasteiger partial charge in [-0.3, -0.25) is 14.5 Å². The van der Waals surface area contributed by atoms with Gasteiger partial charge in [-0.2, -0.15) is 5.26 Å². The molecule has 1 aliphatic rings. The number of imide groups is 1. The second kappa shape index (κ2) is 4.98. The Morgan fingerprint density at radius 3 is 2.33 bits per heavy atom. The van der Waals surface area contributed by atoms with Gasteiger partial charge >= 0.3 is 0 Å². The first-order valence-corrected chi connectivity index (χ1v) is 5.61. The first kappa shape index (κ1) is 12.3. The van der Waals surface area contributed by atoms with Gasteiger partial charge in [-0.15, -0.1) is 0 Å². The number of nitrogens with zero attached hydrogens (tertiary/aromatic N) is 2. The molecule has 0 saturated carbocycles. The minimum atomic E-state index is -0.541. The normalized spacial score (nSPS) is 15.4. The van der Waals surface area contributed by atoms with E-state index >= 15 is 0 Å². The number of hydrogen-bond acceptors (Lipinski definition) is 4. The zero-order valence-corrected chi connectivity index (χ0v) is 9.92. The molecule has 92 valence electrons. The summed E-state index contributed by atoms with van der Waals surface area (Å²) in [4.78, 5) is 25.0. The number of carbonyl (C=O) groups excluding carboxylic acids is 2. The third kappa shape index (κ3) is 2.11. The van der Waals surface area contributed by atoms with E-state index in [1.165, 1.54) is 0 Å². The van der Waals surface area contributed by atoms with Crippen molar-refractivity contribution in [1.29, 1.82) is 5.26 Å². The molecule has 0 spiro atoms. The van der Waals surface area contributed by atoms with Crippen LogP contribution in [0.3, 0.4) is 0 Å². The third-order valence-electron chi connectivity index (χ3n) is 2.74. The SMILES string of the molecule is CC(C#N)OCCN1C(=O)c2ccccc2C1=O. The van der Waals surface area contributed by atoms with Crippen molar-refractivity contribution in [2.75, 3.05) is 13.2 Å². The first-order chi connectivity index (χ1) is 8.65. The Labute approximate surface area is 105 Å². The molecular formula is C13H12N2O3. The molecule has 0 radical (unpaired) electrons. The minimum Gasteiger partial charge on any atom is -0.362 e. The maximum absolute atomic E-state index is 11.9. The van der Waals surface area contributed by atoms with Crippen LogP contribution in [0.4, 0.5) is 0 Å². The lowest BCUT2D eigenvalue weighted by atomic mass is 10.1. The molecule has 5 heteroatoms. The molecule has 0 saturated heterocycles. The Hall–Kier alpha value is -2.19. The third-order valence-corrected chi connectivity index (χ3v) is 2.74. The highest BCUT2D eigenvalue weighted by atomic mass is 16.5. The van der Waals surface area contributed by atoms with E-state index in [2.05, 4.69) is 0 Å². The minimum absolute atomic E-state index is 0.165. The van der Waals surface area contributed by atoms with Gasteiger partial charge < -0.3 is 4.74 Å². The second-order valence-electron chi connectivity index (χ2n) is 3.95. The van der Waals surface area contributed by atoms with Crippen LogP contribution in [0.5, 0.6) is 0 Å². The van der Waals surface area contributed by atoms with Crippen molar-refractivity contribution >= 4 is 11.8 Å². The lowest BCUT2D eigenvalue weighted by molar-refractivity contribution is 0.0513. The highest BCUT2D eigenvalue weighted by Crippen LogP contribution is 2.21. The van der Waals surface area contributed by atoms with Gasteiger partial charge in [0.15, 0.2) is 0 Å². The fourth-order valence-corrected chi connectivity index (χ4v) is 1.80. The maximum atomic E-state index is 11.9. The van der Waals surface area contributed by atoms with Gasteiger partial charge in [-0.25, -0.2) is 0 Å². The van der Waals surface area contributed by atoms with E-state index in [9.17, 15) is 9.59 Å². The lowest BCUT2D eigenvalue weighted by Gasteiger charge is -2.14. The van der Waals surface area contributed by atoms with Crippen molar-refractivity contribution in [2.45, 2.75) is 13.0 Å². The molecule has 0 aromatic heterocycles. The Bertz CT molecular complexity index is 498. The topological polar surface area (TPSA) is 70.4 Å². The van der Waals surface area contributed by atoms with E-state index in [1.807, 2.05) is 6.07 Å². The summed E-state index contributed by atoms with van der Waals surface area (Å²) in [5.41, 5.74) is 0.853. The van der Waals surface area contributed by atoms with Crippen LogP contribution >= 0.6 is 0 Å². The molecule has 1 heterocycles. The Kier molecular flexibility index (Phi) is 3.40. The number of benzene rings is 1. The van der Waals surface area contributed by atoms with Crippen molar-refractivity contribution < 1.29 is 14.3 Å². The van der Waals surface area contributed by atoms with Crippen LogP contribution in [-0.4, -0.2) is 36.0 Å². The summed E-state index contributed by atoms with van der Waals surface area (Å²) in [6.07, 6.45) is -0.541. The summed E-state index contributed by atoms with van der Waals surface area (Å²) in [7, 11) is 0. The number of ether oxygens (including phenoxy) is 1. The summed E-state index contributed by atoms with van der Waals surface area (Å²) in [6.45, 7) is 1.95. The molecule has 2 amide bonds. The van der Waals surface area contributed by atoms with Gasteiger partial charge in [0.25, 0.3) is 11.8 Å². The molecule has 0 bridgehead atoms. The Balaban J connectivity index is 2.03. The van der Waals surface area contributed by atoms with E-state index in [0.717, 1.165) is 4.90 Å². The highest BCUT2D eigenvalue weighted by Gasteiger charge is 2.34. The standard InChI is InChI=1S/C13H12N2O3/c1-9(8-14)18-7-6-15-12(16)10-4-2-3-5-11(10)13(15)17/h2-5,9H,6-7H2,1H3. The number of fused-ring (bicyclic) bond motifs is 1. The fourth-order valence-electron chi connectivity index (χ4n) is 1.80. The van der Waals surface area contributed by atoms with Gasteiger partial charge in [0.05, 0.1) is 30.3 Å². The summed E-state index contributed by atoms with van der Waals surface area (Å²) < 4.78 is 5.14. The molecule has 0 N–H and O–H groups in total. The van der Waals surface area contributed by atoms with Crippen LogP contribution in [0.15, 0.2) is 24.3 Å². The smallest absolute Gasteiger partial charge is 0.261 e. The molecule has 0 fully saturated rings. The molecule has 1 aromatic carbocycles. The van der Waals surface area contributed by atoms with Gasteiger partial charge in [0, 0.05) is 0 Å². The van der Waals surface area contributed by atoms with Gasteiger partial charge in [-0.1, -0.05) is 12.1 Å². The number of rotatable bonds is 4.